The van der Waals surface area contributed by atoms with Crippen molar-refractivity contribution in [2.75, 3.05) is 14.2 Å². The van der Waals surface area contributed by atoms with Gasteiger partial charge in [-0.2, -0.15) is 0 Å². The van der Waals surface area contributed by atoms with Crippen LogP contribution in [0.25, 0.3) is 6.08 Å². The van der Waals surface area contributed by atoms with Crippen LogP contribution in [0.15, 0.2) is 72.8 Å². The molecule has 0 saturated heterocycles. The number of esters is 1. The van der Waals surface area contributed by atoms with Crippen molar-refractivity contribution in [1.82, 2.24) is 0 Å². The van der Waals surface area contributed by atoms with E-state index in [1.807, 2.05) is 12.1 Å². The lowest BCUT2D eigenvalue weighted by atomic mass is 10.1. The van der Waals surface area contributed by atoms with Gasteiger partial charge in [0, 0.05) is 10.6 Å². The molecule has 5 nitrogen and oxygen atoms in total. The average molecular weight is 423 g/mol. The van der Waals surface area contributed by atoms with E-state index in [0.717, 1.165) is 5.56 Å². The SMILES string of the molecule is COc1cccc(OC)c1C(=O)Oc1ccc(C(=O)C=Cc2ccc(Cl)cc2)cc1. The number of ether oxygens (including phenoxy) is 3. The van der Waals surface area contributed by atoms with Crippen molar-refractivity contribution in [2.24, 2.45) is 0 Å². The van der Waals surface area contributed by atoms with Gasteiger partial charge >= 0.3 is 5.97 Å². The molecule has 30 heavy (non-hydrogen) atoms. The van der Waals surface area contributed by atoms with E-state index in [4.69, 9.17) is 25.8 Å². The molecule has 0 unspecified atom stereocenters. The van der Waals surface area contributed by atoms with Crippen LogP contribution in [0.1, 0.15) is 26.3 Å². The van der Waals surface area contributed by atoms with E-state index in [0.29, 0.717) is 27.8 Å². The molecule has 0 aromatic heterocycles. The van der Waals surface area contributed by atoms with Crippen LogP contribution in [0.3, 0.4) is 0 Å². The summed E-state index contributed by atoms with van der Waals surface area (Å²) in [6, 6.07) is 18.5. The zero-order valence-corrected chi connectivity index (χ0v) is 17.2. The Labute approximate surface area is 179 Å². The van der Waals surface area contributed by atoms with Crippen LogP contribution in [-0.2, 0) is 0 Å². The first-order valence-electron chi connectivity index (χ1n) is 9.03. The molecule has 0 aliphatic carbocycles. The largest absolute Gasteiger partial charge is 0.496 e. The standard InChI is InChI=1S/C24H19ClO5/c1-28-21-4-3-5-22(29-2)23(21)24(27)30-19-13-9-17(10-14-19)20(26)15-8-16-6-11-18(25)12-7-16/h3-15H,1-2H3. The molecular weight excluding hydrogens is 404 g/mol. The van der Waals surface area contributed by atoms with Gasteiger partial charge in [0.15, 0.2) is 5.78 Å². The highest BCUT2D eigenvalue weighted by molar-refractivity contribution is 6.30. The maximum atomic E-state index is 12.6. The van der Waals surface area contributed by atoms with Crippen LogP contribution in [0.2, 0.25) is 5.02 Å². The average Bonchev–Trinajstić information content (AvgIpc) is 2.78. The van der Waals surface area contributed by atoms with Crippen LogP contribution in [0.5, 0.6) is 17.2 Å². The van der Waals surface area contributed by atoms with E-state index < -0.39 is 5.97 Å². The Kier molecular flexibility index (Phi) is 6.88. The number of allylic oxidation sites excluding steroid dienone is 1. The molecule has 0 radical (unpaired) electrons. The second-order valence-corrected chi connectivity index (χ2v) is 6.64. The number of carbonyl (C=O) groups excluding carboxylic acids is 2. The predicted molar refractivity (Wildman–Crippen MR) is 116 cm³/mol. The van der Waals surface area contributed by atoms with Crippen LogP contribution < -0.4 is 14.2 Å². The summed E-state index contributed by atoms with van der Waals surface area (Å²) in [5.74, 6) is 0.198. The Balaban J connectivity index is 1.71. The highest BCUT2D eigenvalue weighted by Gasteiger charge is 2.20. The molecule has 0 atom stereocenters. The van der Waals surface area contributed by atoms with Crippen molar-refractivity contribution in [2.45, 2.75) is 0 Å². The normalized spacial score (nSPS) is 10.6. The molecule has 0 amide bonds. The Hall–Kier alpha value is -3.57. The minimum atomic E-state index is -0.619. The highest BCUT2D eigenvalue weighted by atomic mass is 35.5. The Morgan fingerprint density at radius 1 is 0.833 bits per heavy atom. The van der Waals surface area contributed by atoms with Crippen LogP contribution in [-0.4, -0.2) is 26.0 Å². The molecule has 0 bridgehead atoms. The van der Waals surface area contributed by atoms with Gasteiger partial charge in [-0.1, -0.05) is 35.9 Å². The summed E-state index contributed by atoms with van der Waals surface area (Å²) in [7, 11) is 2.92. The fourth-order valence-corrected chi connectivity index (χ4v) is 2.87. The maximum absolute atomic E-state index is 12.6. The third-order valence-electron chi connectivity index (χ3n) is 4.28. The smallest absolute Gasteiger partial charge is 0.351 e. The van der Waals surface area contributed by atoms with Crippen LogP contribution >= 0.6 is 11.6 Å². The Bertz CT molecular complexity index is 1050. The number of methoxy groups -OCH3 is 2. The molecule has 3 aromatic rings. The maximum Gasteiger partial charge on any atom is 0.351 e. The van der Waals surface area contributed by atoms with Gasteiger partial charge in [-0.15, -0.1) is 0 Å². The van der Waals surface area contributed by atoms with Crippen molar-refractivity contribution in [3.63, 3.8) is 0 Å². The number of benzene rings is 3. The molecule has 0 spiro atoms. The zero-order chi connectivity index (χ0) is 21.5. The molecule has 0 aliphatic heterocycles. The molecule has 6 heteroatoms. The minimum Gasteiger partial charge on any atom is -0.496 e. The van der Waals surface area contributed by atoms with Gasteiger partial charge in [0.25, 0.3) is 0 Å². The van der Waals surface area contributed by atoms with Crippen molar-refractivity contribution in [3.05, 3.63) is 94.5 Å². The third-order valence-corrected chi connectivity index (χ3v) is 4.53. The third kappa shape index (κ3) is 5.07. The first-order valence-corrected chi connectivity index (χ1v) is 9.41. The van der Waals surface area contributed by atoms with Crippen molar-refractivity contribution in [1.29, 1.82) is 0 Å². The summed E-state index contributed by atoms with van der Waals surface area (Å²) in [5, 5.41) is 0.634. The summed E-state index contributed by atoms with van der Waals surface area (Å²) >= 11 is 5.85. The summed E-state index contributed by atoms with van der Waals surface area (Å²) in [5.41, 5.74) is 1.52. The zero-order valence-electron chi connectivity index (χ0n) is 16.4. The Morgan fingerprint density at radius 2 is 1.43 bits per heavy atom. The summed E-state index contributed by atoms with van der Waals surface area (Å²) in [6.07, 6.45) is 3.19. The van der Waals surface area contributed by atoms with E-state index in [9.17, 15) is 9.59 Å². The van der Waals surface area contributed by atoms with Gasteiger partial charge in [-0.25, -0.2) is 4.79 Å². The van der Waals surface area contributed by atoms with E-state index in [1.54, 1.807) is 60.7 Å². The fourth-order valence-electron chi connectivity index (χ4n) is 2.74. The molecule has 0 fully saturated rings. The van der Waals surface area contributed by atoms with E-state index in [-0.39, 0.29) is 11.3 Å². The lowest BCUT2D eigenvalue weighted by Crippen LogP contribution is -2.12. The molecule has 0 N–H and O–H groups in total. The second-order valence-electron chi connectivity index (χ2n) is 6.20. The topological polar surface area (TPSA) is 61.8 Å². The van der Waals surface area contributed by atoms with Crippen molar-refractivity contribution >= 4 is 29.4 Å². The number of ketones is 1. The van der Waals surface area contributed by atoms with E-state index >= 15 is 0 Å². The van der Waals surface area contributed by atoms with Gasteiger partial charge in [0.1, 0.15) is 22.8 Å². The first kappa shape index (κ1) is 21.1. The number of halogens is 1. The monoisotopic (exact) mass is 422 g/mol. The second kappa shape index (κ2) is 9.76. The van der Waals surface area contributed by atoms with Gasteiger partial charge in [0.2, 0.25) is 0 Å². The molecule has 0 aliphatic rings. The van der Waals surface area contributed by atoms with Gasteiger partial charge < -0.3 is 14.2 Å². The molecule has 0 saturated carbocycles. The van der Waals surface area contributed by atoms with Gasteiger partial charge in [-0.05, 0) is 60.2 Å². The van der Waals surface area contributed by atoms with Crippen LogP contribution in [0, 0.1) is 0 Å². The van der Waals surface area contributed by atoms with Crippen molar-refractivity contribution < 1.29 is 23.8 Å². The fraction of sp³-hybridized carbons (Fsp3) is 0.0833. The van der Waals surface area contributed by atoms with E-state index in [1.165, 1.54) is 20.3 Å². The minimum absolute atomic E-state index is 0.172. The van der Waals surface area contributed by atoms with Crippen molar-refractivity contribution in [3.8, 4) is 17.2 Å². The summed E-state index contributed by atoms with van der Waals surface area (Å²) in [4.78, 5) is 25.0. The van der Waals surface area contributed by atoms with E-state index in [2.05, 4.69) is 0 Å². The predicted octanol–water partition coefficient (Wildman–Crippen LogP) is 5.47. The summed E-state index contributed by atoms with van der Waals surface area (Å²) < 4.78 is 15.9. The quantitative estimate of drug-likeness (QED) is 0.218. The van der Waals surface area contributed by atoms with Crippen LogP contribution in [0.4, 0.5) is 0 Å². The molecule has 152 valence electrons. The number of hydrogen-bond donors (Lipinski definition) is 0. The molecule has 3 rings (SSSR count). The van der Waals surface area contributed by atoms with Gasteiger partial charge in [0.05, 0.1) is 14.2 Å². The number of rotatable bonds is 7. The lowest BCUT2D eigenvalue weighted by molar-refractivity contribution is 0.0727. The Morgan fingerprint density at radius 3 is 2.00 bits per heavy atom. The van der Waals surface area contributed by atoms with Gasteiger partial charge in [-0.3, -0.25) is 4.79 Å². The number of hydrogen-bond acceptors (Lipinski definition) is 5. The number of carbonyl (C=O) groups is 2. The molecular formula is C24H19ClO5. The highest BCUT2D eigenvalue weighted by Crippen LogP contribution is 2.29. The summed E-state index contributed by atoms with van der Waals surface area (Å²) in [6.45, 7) is 0. The lowest BCUT2D eigenvalue weighted by Gasteiger charge is -2.12. The molecule has 3 aromatic carbocycles. The first-order chi connectivity index (χ1) is 14.5. The molecule has 0 heterocycles.